The molecule has 0 unspecified atom stereocenters. The fourth-order valence-corrected chi connectivity index (χ4v) is 2.57. The van der Waals surface area contributed by atoms with E-state index >= 15 is 0 Å². The van der Waals surface area contributed by atoms with Crippen molar-refractivity contribution in [3.05, 3.63) is 46.5 Å². The Morgan fingerprint density at radius 1 is 1.15 bits per heavy atom. The number of benzene rings is 1. The molecule has 1 heterocycles. The highest BCUT2D eigenvalue weighted by Gasteiger charge is 2.05. The molecule has 0 radical (unpaired) electrons. The molecule has 0 aliphatic rings. The lowest BCUT2D eigenvalue weighted by atomic mass is 10.1. The SMILES string of the molecule is CCNc1cc(NCCNC(=O)CCc2ccc(F)c(Cl)c2)nc(C)n1. The van der Waals surface area contributed by atoms with E-state index in [1.807, 2.05) is 19.9 Å². The Balaban J connectivity index is 1.70. The summed E-state index contributed by atoms with van der Waals surface area (Å²) in [6.07, 6.45) is 0.829. The Kier molecular flexibility index (Phi) is 7.59. The Bertz CT molecular complexity index is 756. The number of nitrogens with zero attached hydrogens (tertiary/aromatic N) is 2. The molecule has 0 saturated heterocycles. The molecule has 26 heavy (non-hydrogen) atoms. The average molecular weight is 380 g/mol. The molecule has 0 spiro atoms. The number of aromatic nitrogens is 2. The summed E-state index contributed by atoms with van der Waals surface area (Å²) in [7, 11) is 0. The number of aryl methyl sites for hydroxylation is 2. The standard InChI is InChI=1S/C18H23ClFN5O/c1-3-21-16-11-17(25-12(2)24-16)22-8-9-23-18(26)7-5-13-4-6-15(20)14(19)10-13/h4,6,10-11H,3,5,7-9H2,1-2H3,(H,23,26)(H2,21,22,24,25). The average Bonchev–Trinajstić information content (AvgIpc) is 2.59. The first-order valence-corrected chi connectivity index (χ1v) is 8.89. The highest BCUT2D eigenvalue weighted by Crippen LogP contribution is 2.17. The van der Waals surface area contributed by atoms with E-state index < -0.39 is 5.82 Å². The second-order valence-electron chi connectivity index (χ2n) is 5.74. The topological polar surface area (TPSA) is 78.9 Å². The van der Waals surface area contributed by atoms with Gasteiger partial charge in [0.15, 0.2) is 0 Å². The van der Waals surface area contributed by atoms with Gasteiger partial charge in [-0.3, -0.25) is 4.79 Å². The summed E-state index contributed by atoms with van der Waals surface area (Å²) in [6.45, 7) is 5.64. The summed E-state index contributed by atoms with van der Waals surface area (Å²) in [6, 6.07) is 6.32. The first-order valence-electron chi connectivity index (χ1n) is 8.52. The minimum atomic E-state index is -0.455. The maximum absolute atomic E-state index is 13.1. The molecule has 140 valence electrons. The lowest BCUT2D eigenvalue weighted by molar-refractivity contribution is -0.120. The highest BCUT2D eigenvalue weighted by molar-refractivity contribution is 6.30. The lowest BCUT2D eigenvalue weighted by Gasteiger charge is -2.10. The van der Waals surface area contributed by atoms with Crippen molar-refractivity contribution in [2.24, 2.45) is 0 Å². The molecule has 0 aliphatic heterocycles. The van der Waals surface area contributed by atoms with Crippen molar-refractivity contribution < 1.29 is 9.18 Å². The molecule has 2 aromatic rings. The van der Waals surface area contributed by atoms with Crippen molar-refractivity contribution >= 4 is 29.1 Å². The number of hydrogen-bond donors (Lipinski definition) is 3. The quantitative estimate of drug-likeness (QED) is 0.583. The Hall–Kier alpha value is -2.41. The summed E-state index contributed by atoms with van der Waals surface area (Å²) in [5.41, 5.74) is 0.831. The van der Waals surface area contributed by atoms with Crippen LogP contribution in [0.1, 0.15) is 24.7 Å². The van der Waals surface area contributed by atoms with E-state index in [1.165, 1.54) is 6.07 Å². The van der Waals surface area contributed by atoms with Crippen LogP contribution in [0.4, 0.5) is 16.0 Å². The van der Waals surface area contributed by atoms with Crippen LogP contribution in [-0.2, 0) is 11.2 Å². The van der Waals surface area contributed by atoms with Crippen LogP contribution in [0.3, 0.4) is 0 Å². The molecular formula is C18H23ClFN5O. The first kappa shape index (κ1) is 19.9. The van der Waals surface area contributed by atoms with Gasteiger partial charge in [-0.25, -0.2) is 14.4 Å². The number of carbonyl (C=O) groups excluding carboxylic acids is 1. The smallest absolute Gasteiger partial charge is 0.220 e. The lowest BCUT2D eigenvalue weighted by Crippen LogP contribution is -2.29. The first-order chi connectivity index (χ1) is 12.5. The fraction of sp³-hybridized carbons (Fsp3) is 0.389. The van der Waals surface area contributed by atoms with Crippen molar-refractivity contribution in [1.29, 1.82) is 0 Å². The van der Waals surface area contributed by atoms with Crippen molar-refractivity contribution in [1.82, 2.24) is 15.3 Å². The van der Waals surface area contributed by atoms with Crippen molar-refractivity contribution in [3.8, 4) is 0 Å². The molecule has 6 nitrogen and oxygen atoms in total. The van der Waals surface area contributed by atoms with Gasteiger partial charge in [0, 0.05) is 32.1 Å². The van der Waals surface area contributed by atoms with Gasteiger partial charge < -0.3 is 16.0 Å². The van der Waals surface area contributed by atoms with Gasteiger partial charge in [0.2, 0.25) is 5.91 Å². The molecule has 0 atom stereocenters. The van der Waals surface area contributed by atoms with Crippen LogP contribution in [0.2, 0.25) is 5.02 Å². The predicted octanol–water partition coefficient (Wildman–Crippen LogP) is 3.17. The van der Waals surface area contributed by atoms with Crippen molar-refractivity contribution in [3.63, 3.8) is 0 Å². The number of carbonyl (C=O) groups is 1. The van der Waals surface area contributed by atoms with Crippen LogP contribution in [0.25, 0.3) is 0 Å². The molecule has 0 bridgehead atoms. The molecule has 1 aromatic heterocycles. The summed E-state index contributed by atoms with van der Waals surface area (Å²) < 4.78 is 13.1. The molecular weight excluding hydrogens is 357 g/mol. The third kappa shape index (κ3) is 6.48. The van der Waals surface area contributed by atoms with Crippen LogP contribution in [0.5, 0.6) is 0 Å². The number of nitrogens with one attached hydrogen (secondary N) is 3. The number of amides is 1. The molecule has 8 heteroatoms. The zero-order chi connectivity index (χ0) is 18.9. The predicted molar refractivity (Wildman–Crippen MR) is 102 cm³/mol. The van der Waals surface area contributed by atoms with Gasteiger partial charge in [0.25, 0.3) is 0 Å². The molecule has 1 amide bonds. The number of anilines is 2. The van der Waals surface area contributed by atoms with Gasteiger partial charge in [0.05, 0.1) is 5.02 Å². The monoisotopic (exact) mass is 379 g/mol. The Morgan fingerprint density at radius 3 is 2.58 bits per heavy atom. The minimum Gasteiger partial charge on any atom is -0.370 e. The van der Waals surface area contributed by atoms with E-state index in [0.717, 1.165) is 17.9 Å². The maximum atomic E-state index is 13.1. The van der Waals surface area contributed by atoms with Crippen molar-refractivity contribution in [2.75, 3.05) is 30.3 Å². The normalized spacial score (nSPS) is 10.5. The molecule has 3 N–H and O–H groups in total. The molecule has 0 saturated carbocycles. The zero-order valence-corrected chi connectivity index (χ0v) is 15.7. The Labute approximate surface area is 157 Å². The third-order valence-electron chi connectivity index (χ3n) is 3.57. The molecule has 2 rings (SSSR count). The van der Waals surface area contributed by atoms with Gasteiger partial charge in [-0.05, 0) is 38.0 Å². The summed E-state index contributed by atoms with van der Waals surface area (Å²) in [5, 5.41) is 9.21. The van der Waals surface area contributed by atoms with E-state index in [4.69, 9.17) is 11.6 Å². The maximum Gasteiger partial charge on any atom is 0.220 e. The second-order valence-corrected chi connectivity index (χ2v) is 6.15. The van der Waals surface area contributed by atoms with Gasteiger partial charge in [-0.1, -0.05) is 17.7 Å². The molecule has 0 aliphatic carbocycles. The van der Waals surface area contributed by atoms with E-state index in [0.29, 0.717) is 37.6 Å². The number of hydrogen-bond acceptors (Lipinski definition) is 5. The zero-order valence-electron chi connectivity index (χ0n) is 14.9. The summed E-state index contributed by atoms with van der Waals surface area (Å²) >= 11 is 5.73. The number of rotatable bonds is 9. The van der Waals surface area contributed by atoms with E-state index in [9.17, 15) is 9.18 Å². The van der Waals surface area contributed by atoms with Gasteiger partial charge in [-0.15, -0.1) is 0 Å². The van der Waals surface area contributed by atoms with Gasteiger partial charge >= 0.3 is 0 Å². The van der Waals surface area contributed by atoms with Gasteiger partial charge in [-0.2, -0.15) is 0 Å². The van der Waals surface area contributed by atoms with Gasteiger partial charge in [0.1, 0.15) is 23.3 Å². The molecule has 0 fully saturated rings. The molecule has 1 aromatic carbocycles. The fourth-order valence-electron chi connectivity index (χ4n) is 2.36. The van der Waals surface area contributed by atoms with E-state index in [1.54, 1.807) is 12.1 Å². The summed E-state index contributed by atoms with van der Waals surface area (Å²) in [4.78, 5) is 20.5. The van der Waals surface area contributed by atoms with Crippen molar-refractivity contribution in [2.45, 2.75) is 26.7 Å². The van der Waals surface area contributed by atoms with Crippen LogP contribution in [0, 0.1) is 12.7 Å². The Morgan fingerprint density at radius 2 is 1.88 bits per heavy atom. The largest absolute Gasteiger partial charge is 0.370 e. The minimum absolute atomic E-state index is 0.0699. The third-order valence-corrected chi connectivity index (χ3v) is 3.86. The second kappa shape index (κ2) is 9.91. The highest BCUT2D eigenvalue weighted by atomic mass is 35.5. The van der Waals surface area contributed by atoms with Crippen LogP contribution < -0.4 is 16.0 Å². The summed E-state index contributed by atoms with van der Waals surface area (Å²) in [5.74, 6) is 1.63. The van der Waals surface area contributed by atoms with E-state index in [2.05, 4.69) is 25.9 Å². The van der Waals surface area contributed by atoms with E-state index in [-0.39, 0.29) is 10.9 Å². The van der Waals surface area contributed by atoms with Crippen LogP contribution >= 0.6 is 11.6 Å². The van der Waals surface area contributed by atoms with Crippen LogP contribution in [-0.4, -0.2) is 35.5 Å². The number of halogens is 2. The van der Waals surface area contributed by atoms with Crippen LogP contribution in [0.15, 0.2) is 24.3 Å².